The van der Waals surface area contributed by atoms with Crippen molar-refractivity contribution in [2.75, 3.05) is 5.32 Å². The van der Waals surface area contributed by atoms with E-state index in [-0.39, 0.29) is 17.0 Å². The number of amides is 1. The second-order valence-electron chi connectivity index (χ2n) is 5.58. The van der Waals surface area contributed by atoms with Crippen molar-refractivity contribution in [3.63, 3.8) is 0 Å². The molecule has 21 heavy (non-hydrogen) atoms. The van der Waals surface area contributed by atoms with Gasteiger partial charge in [-0.3, -0.25) is 9.59 Å². The lowest BCUT2D eigenvalue weighted by Crippen LogP contribution is -2.29. The smallest absolute Gasteiger partial charge is 0.263 e. The third kappa shape index (κ3) is 2.37. The third-order valence-corrected chi connectivity index (χ3v) is 4.19. The molecule has 4 nitrogen and oxygen atoms in total. The van der Waals surface area contributed by atoms with Crippen LogP contribution in [0, 0.1) is 0 Å². The highest BCUT2D eigenvalue weighted by molar-refractivity contribution is 6.04. The second-order valence-corrected chi connectivity index (χ2v) is 5.58. The first-order valence-electron chi connectivity index (χ1n) is 7.17. The van der Waals surface area contributed by atoms with Gasteiger partial charge in [0.15, 0.2) is 0 Å². The topological polar surface area (TPSA) is 51.1 Å². The predicted molar refractivity (Wildman–Crippen MR) is 82.8 cm³/mol. The first-order valence-corrected chi connectivity index (χ1v) is 7.17. The predicted octanol–water partition coefficient (Wildman–Crippen LogP) is 2.69. The lowest BCUT2D eigenvalue weighted by Gasteiger charge is -2.12. The average Bonchev–Trinajstić information content (AvgIpc) is 2.85. The molecule has 1 aromatic heterocycles. The summed E-state index contributed by atoms with van der Waals surface area (Å²) in [6, 6.07) is 11.0. The van der Waals surface area contributed by atoms with Crippen LogP contribution in [0.2, 0.25) is 0 Å². The van der Waals surface area contributed by atoms with E-state index >= 15 is 0 Å². The molecule has 0 saturated carbocycles. The van der Waals surface area contributed by atoms with E-state index in [4.69, 9.17) is 0 Å². The number of carbonyl (C=O) groups is 1. The maximum atomic E-state index is 12.4. The van der Waals surface area contributed by atoms with Gasteiger partial charge in [-0.05, 0) is 42.5 Å². The first-order chi connectivity index (χ1) is 10.1. The molecule has 2 aromatic rings. The standard InChI is InChI=1S/C17H18N2O2/c1-11-8-9-15-13(11)10-14(17(21)19(15)2)16(20)18-12-6-4-3-5-7-12/h3-7,10-11H,8-9H2,1-2H3,(H,18,20)/t11-/m1/s1. The van der Waals surface area contributed by atoms with Crippen LogP contribution in [-0.4, -0.2) is 10.5 Å². The average molecular weight is 282 g/mol. The van der Waals surface area contributed by atoms with Gasteiger partial charge in [0, 0.05) is 18.4 Å². The molecule has 1 aromatic carbocycles. The van der Waals surface area contributed by atoms with Gasteiger partial charge in [0.05, 0.1) is 0 Å². The van der Waals surface area contributed by atoms with Crippen LogP contribution in [0.1, 0.15) is 40.9 Å². The lowest BCUT2D eigenvalue weighted by atomic mass is 10.0. The molecular weight excluding hydrogens is 264 g/mol. The van der Waals surface area contributed by atoms with Crippen LogP contribution in [0.5, 0.6) is 0 Å². The molecule has 1 aliphatic carbocycles. The van der Waals surface area contributed by atoms with Crippen molar-refractivity contribution in [2.24, 2.45) is 7.05 Å². The second kappa shape index (κ2) is 5.20. The van der Waals surface area contributed by atoms with E-state index in [9.17, 15) is 9.59 Å². The normalized spacial score (nSPS) is 16.6. The van der Waals surface area contributed by atoms with Crippen molar-refractivity contribution in [1.82, 2.24) is 4.57 Å². The van der Waals surface area contributed by atoms with Crippen LogP contribution in [0.3, 0.4) is 0 Å². The number of nitrogens with zero attached hydrogens (tertiary/aromatic N) is 1. The summed E-state index contributed by atoms with van der Waals surface area (Å²) in [5.41, 5.74) is 2.86. The summed E-state index contributed by atoms with van der Waals surface area (Å²) < 4.78 is 1.62. The monoisotopic (exact) mass is 282 g/mol. The van der Waals surface area contributed by atoms with Gasteiger partial charge < -0.3 is 9.88 Å². The summed E-state index contributed by atoms with van der Waals surface area (Å²) >= 11 is 0. The van der Waals surface area contributed by atoms with Crippen LogP contribution in [0.25, 0.3) is 0 Å². The number of anilines is 1. The Morgan fingerprint density at radius 2 is 2.00 bits per heavy atom. The molecule has 0 aliphatic heterocycles. The molecule has 1 aliphatic rings. The van der Waals surface area contributed by atoms with Crippen molar-refractivity contribution in [3.8, 4) is 0 Å². The van der Waals surface area contributed by atoms with E-state index in [0.717, 1.165) is 24.1 Å². The highest BCUT2D eigenvalue weighted by Crippen LogP contribution is 2.31. The van der Waals surface area contributed by atoms with Gasteiger partial charge >= 0.3 is 0 Å². The molecule has 0 unspecified atom stereocenters. The van der Waals surface area contributed by atoms with Crippen molar-refractivity contribution < 1.29 is 4.79 Å². The van der Waals surface area contributed by atoms with Crippen molar-refractivity contribution >= 4 is 11.6 Å². The fourth-order valence-corrected chi connectivity index (χ4v) is 2.93. The summed E-state index contributed by atoms with van der Waals surface area (Å²) in [7, 11) is 1.75. The number of para-hydroxylation sites is 1. The van der Waals surface area contributed by atoms with Crippen LogP contribution < -0.4 is 10.9 Å². The van der Waals surface area contributed by atoms with E-state index in [1.807, 2.05) is 18.2 Å². The van der Waals surface area contributed by atoms with Gasteiger partial charge in [-0.2, -0.15) is 0 Å². The quantitative estimate of drug-likeness (QED) is 0.920. The summed E-state index contributed by atoms with van der Waals surface area (Å²) in [5.74, 6) is 0.0544. The van der Waals surface area contributed by atoms with E-state index < -0.39 is 0 Å². The fraction of sp³-hybridized carbons (Fsp3) is 0.294. The molecule has 0 radical (unpaired) electrons. The molecule has 1 N–H and O–H groups in total. The zero-order valence-electron chi connectivity index (χ0n) is 12.2. The number of carbonyl (C=O) groups excluding carboxylic acids is 1. The van der Waals surface area contributed by atoms with E-state index in [2.05, 4.69) is 12.2 Å². The van der Waals surface area contributed by atoms with Crippen LogP contribution in [-0.2, 0) is 13.5 Å². The van der Waals surface area contributed by atoms with Crippen molar-refractivity contribution in [3.05, 3.63) is 63.6 Å². The third-order valence-electron chi connectivity index (χ3n) is 4.19. The number of benzene rings is 1. The Morgan fingerprint density at radius 1 is 1.29 bits per heavy atom. The minimum atomic E-state index is -0.344. The van der Waals surface area contributed by atoms with Gasteiger partial charge in [0.25, 0.3) is 11.5 Å². The molecule has 4 heteroatoms. The fourth-order valence-electron chi connectivity index (χ4n) is 2.93. The number of pyridine rings is 1. The summed E-state index contributed by atoms with van der Waals surface area (Å²) in [6.07, 6.45) is 1.94. The molecule has 0 bridgehead atoms. The highest BCUT2D eigenvalue weighted by Gasteiger charge is 2.25. The minimum Gasteiger partial charge on any atom is -0.322 e. The highest BCUT2D eigenvalue weighted by atomic mass is 16.2. The van der Waals surface area contributed by atoms with Crippen LogP contribution >= 0.6 is 0 Å². The Hall–Kier alpha value is -2.36. The molecule has 1 amide bonds. The van der Waals surface area contributed by atoms with E-state index in [1.54, 1.807) is 29.8 Å². The number of rotatable bonds is 2. The van der Waals surface area contributed by atoms with Crippen LogP contribution in [0.4, 0.5) is 5.69 Å². The molecule has 1 heterocycles. The molecule has 1 atom stereocenters. The zero-order chi connectivity index (χ0) is 15.0. The van der Waals surface area contributed by atoms with Crippen LogP contribution in [0.15, 0.2) is 41.2 Å². The SMILES string of the molecule is C[C@@H]1CCc2c1cc(C(=O)Nc1ccccc1)c(=O)n2C. The van der Waals surface area contributed by atoms with Gasteiger partial charge in [0.1, 0.15) is 5.56 Å². The Morgan fingerprint density at radius 3 is 2.71 bits per heavy atom. The Bertz CT molecular complexity index is 747. The molecule has 0 spiro atoms. The maximum absolute atomic E-state index is 12.4. The first kappa shape index (κ1) is 13.6. The summed E-state index contributed by atoms with van der Waals surface area (Å²) in [6.45, 7) is 2.13. The van der Waals surface area contributed by atoms with Gasteiger partial charge in [-0.15, -0.1) is 0 Å². The Labute approximate surface area is 123 Å². The number of nitrogens with one attached hydrogen (secondary N) is 1. The molecule has 3 rings (SSSR count). The van der Waals surface area contributed by atoms with Gasteiger partial charge in [0.2, 0.25) is 0 Å². The zero-order valence-corrected chi connectivity index (χ0v) is 12.2. The Kier molecular flexibility index (Phi) is 3.37. The maximum Gasteiger partial charge on any atom is 0.263 e. The van der Waals surface area contributed by atoms with Gasteiger partial charge in [-0.25, -0.2) is 0 Å². The number of hydrogen-bond acceptors (Lipinski definition) is 2. The van der Waals surface area contributed by atoms with E-state index in [0.29, 0.717) is 11.6 Å². The minimum absolute atomic E-state index is 0.217. The number of hydrogen-bond donors (Lipinski definition) is 1. The van der Waals surface area contributed by atoms with Crippen molar-refractivity contribution in [1.29, 1.82) is 0 Å². The summed E-state index contributed by atoms with van der Waals surface area (Å²) in [4.78, 5) is 24.7. The largest absolute Gasteiger partial charge is 0.322 e. The lowest BCUT2D eigenvalue weighted by molar-refractivity contribution is 0.102. The molecule has 108 valence electrons. The molecule has 0 fully saturated rings. The number of fused-ring (bicyclic) bond motifs is 1. The molecule has 0 saturated heterocycles. The van der Waals surface area contributed by atoms with E-state index in [1.165, 1.54) is 0 Å². The molecular formula is C17H18N2O2. The number of aromatic nitrogens is 1. The summed E-state index contributed by atoms with van der Waals surface area (Å²) in [5, 5.41) is 2.78. The van der Waals surface area contributed by atoms with Gasteiger partial charge in [-0.1, -0.05) is 25.1 Å². The van der Waals surface area contributed by atoms with Crippen molar-refractivity contribution in [2.45, 2.75) is 25.7 Å². The Balaban J connectivity index is 1.99.